The van der Waals surface area contributed by atoms with Gasteiger partial charge in [0.15, 0.2) is 0 Å². The molecule has 0 atom stereocenters. The molecule has 1 N–H and O–H groups in total. The van der Waals surface area contributed by atoms with E-state index in [0.29, 0.717) is 12.0 Å². The van der Waals surface area contributed by atoms with Crippen LogP contribution in [0.15, 0.2) is 46.0 Å². The number of aliphatic hydroxyl groups is 1. The molecule has 0 saturated carbocycles. The van der Waals surface area contributed by atoms with E-state index in [2.05, 4.69) is 19.9 Å². The molecule has 0 spiro atoms. The first-order chi connectivity index (χ1) is 10.3. The van der Waals surface area contributed by atoms with Crippen molar-refractivity contribution < 1.29 is 19.4 Å². The second kappa shape index (κ2) is 7.78. The summed E-state index contributed by atoms with van der Waals surface area (Å²) in [7, 11) is 1.27. The fourth-order valence-corrected chi connectivity index (χ4v) is 2.23. The van der Waals surface area contributed by atoms with Crippen LogP contribution >= 0.6 is 0 Å². The number of allylic oxidation sites excluding steroid dienone is 6. The monoisotopic (exact) mass is 306 g/mol. The molecular formula is C18H24O4. The predicted octanol–water partition coefficient (Wildman–Crippen LogP) is 3.95. The molecule has 4 nitrogen and oxygen atoms in total. The van der Waals surface area contributed by atoms with Crippen molar-refractivity contribution in [1.29, 1.82) is 0 Å². The molecule has 0 aliphatic heterocycles. The Bertz CT molecular complexity index is 597. The Morgan fingerprint density at radius 2 is 1.86 bits per heavy atom. The van der Waals surface area contributed by atoms with Crippen molar-refractivity contribution >= 4 is 11.6 Å². The lowest BCUT2D eigenvalue weighted by Gasteiger charge is -2.17. The van der Waals surface area contributed by atoms with E-state index >= 15 is 0 Å². The number of Topliss-reactive ketones (excluding diaryl/α,β-unsaturated/α-hetero) is 2. The molecule has 1 aliphatic rings. The van der Waals surface area contributed by atoms with Gasteiger partial charge in [0.1, 0.15) is 0 Å². The molecule has 0 fully saturated rings. The van der Waals surface area contributed by atoms with Crippen molar-refractivity contribution in [2.24, 2.45) is 0 Å². The molecule has 0 amide bonds. The van der Waals surface area contributed by atoms with Gasteiger partial charge in [-0.05, 0) is 47.0 Å². The Balaban J connectivity index is 2.86. The van der Waals surface area contributed by atoms with Gasteiger partial charge in [-0.3, -0.25) is 9.59 Å². The average molecular weight is 306 g/mol. The van der Waals surface area contributed by atoms with E-state index in [9.17, 15) is 14.7 Å². The van der Waals surface area contributed by atoms with E-state index in [1.807, 2.05) is 13.0 Å². The number of ether oxygens (including phenoxy) is 1. The van der Waals surface area contributed by atoms with E-state index in [4.69, 9.17) is 4.74 Å². The fraction of sp³-hybridized carbons (Fsp3) is 0.444. The van der Waals surface area contributed by atoms with Gasteiger partial charge in [-0.25, -0.2) is 0 Å². The third-order valence-corrected chi connectivity index (χ3v) is 3.65. The van der Waals surface area contributed by atoms with Crippen LogP contribution in [0.25, 0.3) is 0 Å². The summed E-state index contributed by atoms with van der Waals surface area (Å²) in [6.45, 7) is 7.69. The third-order valence-electron chi connectivity index (χ3n) is 3.65. The number of rotatable bonds is 6. The van der Waals surface area contributed by atoms with Gasteiger partial charge in [0.2, 0.25) is 23.1 Å². The summed E-state index contributed by atoms with van der Waals surface area (Å²) in [4.78, 5) is 24.2. The largest absolute Gasteiger partial charge is 0.501 e. The Kier molecular flexibility index (Phi) is 6.35. The van der Waals surface area contributed by atoms with E-state index in [-0.39, 0.29) is 11.3 Å². The first-order valence-electron chi connectivity index (χ1n) is 7.35. The number of aliphatic hydroxyl groups excluding tert-OH is 1. The fourth-order valence-electron chi connectivity index (χ4n) is 2.23. The zero-order chi connectivity index (χ0) is 16.9. The van der Waals surface area contributed by atoms with E-state index in [0.717, 1.165) is 18.4 Å². The van der Waals surface area contributed by atoms with Crippen LogP contribution < -0.4 is 0 Å². The van der Waals surface area contributed by atoms with Crippen molar-refractivity contribution in [2.45, 2.75) is 47.0 Å². The maximum absolute atomic E-state index is 12.2. The van der Waals surface area contributed by atoms with Crippen molar-refractivity contribution in [3.8, 4) is 0 Å². The van der Waals surface area contributed by atoms with Crippen LogP contribution in [0.2, 0.25) is 0 Å². The molecule has 4 heteroatoms. The highest BCUT2D eigenvalue weighted by atomic mass is 16.5. The SMILES string of the molecule is COC1=C(O)C(=O)C(C)=C([14CH2]/C=C(\C)CCC=C(C)C)C1=O. The highest BCUT2D eigenvalue weighted by Crippen LogP contribution is 2.26. The first kappa shape index (κ1) is 18.0. The summed E-state index contributed by atoms with van der Waals surface area (Å²) in [6, 6.07) is 0. The van der Waals surface area contributed by atoms with Gasteiger partial charge >= 0.3 is 0 Å². The van der Waals surface area contributed by atoms with Crippen LogP contribution in [0.4, 0.5) is 0 Å². The van der Waals surface area contributed by atoms with Gasteiger partial charge in [-0.15, -0.1) is 0 Å². The van der Waals surface area contributed by atoms with Crippen molar-refractivity contribution in [1.82, 2.24) is 0 Å². The number of methoxy groups -OCH3 is 1. The highest BCUT2D eigenvalue weighted by Gasteiger charge is 2.32. The quantitative estimate of drug-likeness (QED) is 0.596. The zero-order valence-corrected chi connectivity index (χ0v) is 13.9. The Labute approximate surface area is 131 Å². The lowest BCUT2D eigenvalue weighted by atomic mass is 9.98. The van der Waals surface area contributed by atoms with Crippen LogP contribution in [-0.4, -0.2) is 23.8 Å². The molecule has 1 rings (SSSR count). The van der Waals surface area contributed by atoms with Gasteiger partial charge in [-0.1, -0.05) is 23.3 Å². The summed E-state index contributed by atoms with van der Waals surface area (Å²) in [6.07, 6.45) is 6.37. The minimum Gasteiger partial charge on any atom is -0.501 e. The molecule has 22 heavy (non-hydrogen) atoms. The first-order valence-corrected chi connectivity index (χ1v) is 7.35. The summed E-state index contributed by atoms with van der Waals surface area (Å²) in [5.74, 6) is -1.81. The minimum atomic E-state index is -0.599. The normalized spacial score (nSPS) is 16.3. The molecule has 0 aromatic rings. The Morgan fingerprint density at radius 1 is 1.23 bits per heavy atom. The Hall–Kier alpha value is -2.10. The van der Waals surface area contributed by atoms with Gasteiger partial charge in [-0.2, -0.15) is 0 Å². The van der Waals surface area contributed by atoms with Crippen LogP contribution in [0.1, 0.15) is 47.0 Å². The topological polar surface area (TPSA) is 63.6 Å². The van der Waals surface area contributed by atoms with Gasteiger partial charge in [0.05, 0.1) is 7.11 Å². The smallest absolute Gasteiger partial charge is 0.228 e. The van der Waals surface area contributed by atoms with E-state index in [1.54, 1.807) is 6.92 Å². The summed E-state index contributed by atoms with van der Waals surface area (Å²) >= 11 is 0. The van der Waals surface area contributed by atoms with E-state index < -0.39 is 17.3 Å². The van der Waals surface area contributed by atoms with Crippen molar-refractivity contribution in [3.63, 3.8) is 0 Å². The van der Waals surface area contributed by atoms with Gasteiger partial charge in [0, 0.05) is 11.1 Å². The number of carbonyl (C=O) groups excluding carboxylic acids is 2. The number of hydrogen-bond acceptors (Lipinski definition) is 4. The molecule has 0 radical (unpaired) electrons. The second-order valence-corrected chi connectivity index (χ2v) is 5.72. The zero-order valence-electron chi connectivity index (χ0n) is 13.9. The van der Waals surface area contributed by atoms with Crippen molar-refractivity contribution in [2.75, 3.05) is 7.11 Å². The number of carbonyl (C=O) groups is 2. The molecule has 0 saturated heterocycles. The molecule has 0 bridgehead atoms. The van der Waals surface area contributed by atoms with Crippen LogP contribution in [0.5, 0.6) is 0 Å². The molecule has 0 aromatic heterocycles. The lowest BCUT2D eigenvalue weighted by molar-refractivity contribution is -0.120. The standard InChI is InChI=1S/C18H24O4/c1-11(2)7-6-8-12(3)9-10-14-13(4)15(19)17(21)18(22-5)16(14)20/h7,9,21H,6,8,10H2,1-5H3/b12-9+/i10+2. The highest BCUT2D eigenvalue weighted by molar-refractivity contribution is 6.23. The lowest BCUT2D eigenvalue weighted by Crippen LogP contribution is -2.23. The molecule has 1 aliphatic carbocycles. The predicted molar refractivity (Wildman–Crippen MR) is 86.4 cm³/mol. The summed E-state index contributed by atoms with van der Waals surface area (Å²) < 4.78 is 4.86. The number of ketones is 2. The van der Waals surface area contributed by atoms with Crippen molar-refractivity contribution in [3.05, 3.63) is 46.0 Å². The summed E-state index contributed by atoms with van der Waals surface area (Å²) in [5, 5.41) is 9.67. The van der Waals surface area contributed by atoms with Crippen LogP contribution in [-0.2, 0) is 14.3 Å². The number of hydrogen-bond donors (Lipinski definition) is 1. The molecule has 120 valence electrons. The second-order valence-electron chi connectivity index (χ2n) is 5.72. The molecule has 0 heterocycles. The minimum absolute atomic E-state index is 0.263. The maximum atomic E-state index is 12.2. The maximum Gasteiger partial charge on any atom is 0.228 e. The molecule has 0 aromatic carbocycles. The third kappa shape index (κ3) is 4.20. The molecule has 0 unspecified atom stereocenters. The summed E-state index contributed by atoms with van der Waals surface area (Å²) in [5.41, 5.74) is 3.12. The van der Waals surface area contributed by atoms with Gasteiger partial charge < -0.3 is 9.84 Å². The van der Waals surface area contributed by atoms with Crippen LogP contribution in [0.3, 0.4) is 0 Å². The van der Waals surface area contributed by atoms with E-state index in [1.165, 1.54) is 12.7 Å². The van der Waals surface area contributed by atoms with Crippen LogP contribution in [0, 0.1) is 0 Å². The average Bonchev–Trinajstić information content (AvgIpc) is 2.45. The molecular weight excluding hydrogens is 282 g/mol. The van der Waals surface area contributed by atoms with Gasteiger partial charge in [0.25, 0.3) is 0 Å². The Morgan fingerprint density at radius 3 is 2.41 bits per heavy atom.